The van der Waals surface area contributed by atoms with Crippen LogP contribution >= 0.6 is 27.5 Å². The van der Waals surface area contributed by atoms with Crippen molar-refractivity contribution in [3.8, 4) is 0 Å². The Labute approximate surface area is 120 Å². The molecule has 0 fully saturated rings. The normalized spacial score (nSPS) is 10.2. The molecule has 0 saturated carbocycles. The van der Waals surface area contributed by atoms with Crippen molar-refractivity contribution in [3.05, 3.63) is 21.8 Å². The van der Waals surface area contributed by atoms with Crippen molar-refractivity contribution in [1.29, 1.82) is 0 Å². The highest BCUT2D eigenvalue weighted by atomic mass is 79.9. The SMILES string of the molecule is CCCN(CC(=O)OCC)c1ncc(Br)cc1Cl. The Morgan fingerprint density at radius 1 is 1.56 bits per heavy atom. The van der Waals surface area contributed by atoms with Crippen LogP contribution in [0.15, 0.2) is 16.7 Å². The van der Waals surface area contributed by atoms with Gasteiger partial charge in [0, 0.05) is 17.2 Å². The number of hydrogen-bond acceptors (Lipinski definition) is 4. The van der Waals surface area contributed by atoms with E-state index in [4.69, 9.17) is 16.3 Å². The summed E-state index contributed by atoms with van der Waals surface area (Å²) in [5.74, 6) is 0.335. The Hall–Kier alpha value is -0.810. The fraction of sp³-hybridized carbons (Fsp3) is 0.500. The smallest absolute Gasteiger partial charge is 0.325 e. The second kappa shape index (κ2) is 7.59. The Morgan fingerprint density at radius 2 is 2.28 bits per heavy atom. The van der Waals surface area contributed by atoms with Crippen molar-refractivity contribution in [2.45, 2.75) is 20.3 Å². The second-order valence-electron chi connectivity index (χ2n) is 3.69. The lowest BCUT2D eigenvalue weighted by atomic mass is 10.3. The summed E-state index contributed by atoms with van der Waals surface area (Å²) in [4.78, 5) is 17.6. The van der Waals surface area contributed by atoms with Gasteiger partial charge in [-0.25, -0.2) is 4.98 Å². The van der Waals surface area contributed by atoms with E-state index in [0.29, 0.717) is 24.0 Å². The van der Waals surface area contributed by atoms with Gasteiger partial charge < -0.3 is 9.64 Å². The van der Waals surface area contributed by atoms with Crippen molar-refractivity contribution >= 4 is 39.3 Å². The number of nitrogens with zero attached hydrogens (tertiary/aromatic N) is 2. The molecule has 0 aliphatic rings. The van der Waals surface area contributed by atoms with Crippen LogP contribution in [0.4, 0.5) is 5.82 Å². The van der Waals surface area contributed by atoms with Gasteiger partial charge in [0.1, 0.15) is 12.4 Å². The fourth-order valence-electron chi connectivity index (χ4n) is 1.53. The lowest BCUT2D eigenvalue weighted by Crippen LogP contribution is -2.32. The van der Waals surface area contributed by atoms with Gasteiger partial charge in [-0.2, -0.15) is 0 Å². The summed E-state index contributed by atoms with van der Waals surface area (Å²) in [6.07, 6.45) is 2.56. The van der Waals surface area contributed by atoms with Crippen LogP contribution in [-0.2, 0) is 9.53 Å². The van der Waals surface area contributed by atoms with Gasteiger partial charge in [-0.15, -0.1) is 0 Å². The first kappa shape index (κ1) is 15.2. The number of ether oxygens (including phenoxy) is 1. The minimum atomic E-state index is -0.272. The van der Waals surface area contributed by atoms with E-state index in [9.17, 15) is 4.79 Å². The number of esters is 1. The average molecular weight is 336 g/mol. The molecule has 1 heterocycles. The minimum absolute atomic E-state index is 0.163. The maximum absolute atomic E-state index is 11.5. The number of pyridine rings is 1. The zero-order valence-corrected chi connectivity index (χ0v) is 12.8. The molecule has 4 nitrogen and oxygen atoms in total. The van der Waals surface area contributed by atoms with E-state index >= 15 is 0 Å². The molecule has 1 rings (SSSR count). The van der Waals surface area contributed by atoms with E-state index in [1.54, 1.807) is 19.2 Å². The summed E-state index contributed by atoms with van der Waals surface area (Å²) >= 11 is 9.44. The molecular weight excluding hydrogens is 320 g/mol. The van der Waals surface area contributed by atoms with Gasteiger partial charge in [0.2, 0.25) is 0 Å². The second-order valence-corrected chi connectivity index (χ2v) is 5.01. The molecule has 0 saturated heterocycles. The molecule has 0 radical (unpaired) electrons. The third-order valence-corrected chi connectivity index (χ3v) is 2.92. The van der Waals surface area contributed by atoms with Crippen LogP contribution in [0.25, 0.3) is 0 Å². The maximum Gasteiger partial charge on any atom is 0.325 e. The Kier molecular flexibility index (Phi) is 6.43. The van der Waals surface area contributed by atoms with Gasteiger partial charge in [0.15, 0.2) is 0 Å². The highest BCUT2D eigenvalue weighted by Crippen LogP contribution is 2.26. The molecule has 6 heteroatoms. The molecule has 0 aliphatic heterocycles. The molecule has 0 N–H and O–H groups in total. The zero-order chi connectivity index (χ0) is 13.5. The average Bonchev–Trinajstić information content (AvgIpc) is 2.29. The van der Waals surface area contributed by atoms with Crippen LogP contribution < -0.4 is 4.90 Å². The standard InChI is InChI=1S/C12H16BrClN2O2/c1-3-5-16(8-11(17)18-4-2)12-10(14)6-9(13)7-15-12/h6-7H,3-5,8H2,1-2H3. The van der Waals surface area contributed by atoms with Crippen molar-refractivity contribution in [2.24, 2.45) is 0 Å². The number of carbonyl (C=O) groups is 1. The highest BCUT2D eigenvalue weighted by Gasteiger charge is 2.15. The molecular formula is C12H16BrClN2O2. The van der Waals surface area contributed by atoms with Crippen LogP contribution in [-0.4, -0.2) is 30.6 Å². The molecule has 0 bridgehead atoms. The summed E-state index contributed by atoms with van der Waals surface area (Å²) in [5.41, 5.74) is 0. The maximum atomic E-state index is 11.5. The number of anilines is 1. The first-order valence-corrected chi connectivity index (χ1v) is 6.97. The van der Waals surface area contributed by atoms with Crippen LogP contribution in [0.3, 0.4) is 0 Å². The summed E-state index contributed by atoms with van der Waals surface area (Å²) in [7, 11) is 0. The molecule has 0 spiro atoms. The van der Waals surface area contributed by atoms with E-state index in [2.05, 4.69) is 20.9 Å². The van der Waals surface area contributed by atoms with Gasteiger partial charge in [-0.3, -0.25) is 4.79 Å². The quantitative estimate of drug-likeness (QED) is 0.748. The molecule has 100 valence electrons. The monoisotopic (exact) mass is 334 g/mol. The topological polar surface area (TPSA) is 42.4 Å². The first-order valence-electron chi connectivity index (χ1n) is 5.80. The molecule has 0 unspecified atom stereocenters. The third kappa shape index (κ3) is 4.46. The molecule has 0 aromatic carbocycles. The lowest BCUT2D eigenvalue weighted by Gasteiger charge is -2.22. The molecule has 0 aliphatic carbocycles. The van der Waals surface area contributed by atoms with E-state index in [-0.39, 0.29) is 12.5 Å². The Bertz CT molecular complexity index is 415. The van der Waals surface area contributed by atoms with E-state index in [0.717, 1.165) is 10.9 Å². The van der Waals surface area contributed by atoms with E-state index in [1.165, 1.54) is 0 Å². The van der Waals surface area contributed by atoms with Crippen molar-refractivity contribution < 1.29 is 9.53 Å². The first-order chi connectivity index (χ1) is 8.58. The van der Waals surface area contributed by atoms with Crippen molar-refractivity contribution in [3.63, 3.8) is 0 Å². The summed E-state index contributed by atoms with van der Waals surface area (Å²) in [6.45, 7) is 5.06. The predicted molar refractivity (Wildman–Crippen MR) is 76.1 cm³/mol. The number of carbonyl (C=O) groups excluding carboxylic acids is 1. The number of rotatable bonds is 6. The molecule has 1 aromatic heterocycles. The minimum Gasteiger partial charge on any atom is -0.465 e. The van der Waals surface area contributed by atoms with E-state index in [1.807, 2.05) is 11.8 Å². The van der Waals surface area contributed by atoms with Gasteiger partial charge in [-0.05, 0) is 35.3 Å². The van der Waals surface area contributed by atoms with Gasteiger partial charge in [-0.1, -0.05) is 18.5 Å². The summed E-state index contributed by atoms with van der Waals surface area (Å²) < 4.78 is 5.75. The number of hydrogen-bond donors (Lipinski definition) is 0. The predicted octanol–water partition coefficient (Wildman–Crippen LogP) is 3.28. The van der Waals surface area contributed by atoms with Crippen molar-refractivity contribution in [2.75, 3.05) is 24.6 Å². The Balaban J connectivity index is 2.86. The van der Waals surface area contributed by atoms with E-state index < -0.39 is 0 Å². The molecule has 0 amide bonds. The number of aromatic nitrogens is 1. The van der Waals surface area contributed by atoms with Crippen LogP contribution in [0.5, 0.6) is 0 Å². The van der Waals surface area contributed by atoms with Crippen LogP contribution in [0.2, 0.25) is 5.02 Å². The number of halogens is 2. The Morgan fingerprint density at radius 3 is 2.83 bits per heavy atom. The molecule has 18 heavy (non-hydrogen) atoms. The van der Waals surface area contributed by atoms with Crippen LogP contribution in [0, 0.1) is 0 Å². The highest BCUT2D eigenvalue weighted by molar-refractivity contribution is 9.10. The third-order valence-electron chi connectivity index (χ3n) is 2.21. The largest absolute Gasteiger partial charge is 0.465 e. The van der Waals surface area contributed by atoms with Crippen molar-refractivity contribution in [1.82, 2.24) is 4.98 Å². The zero-order valence-electron chi connectivity index (χ0n) is 10.4. The summed E-state index contributed by atoms with van der Waals surface area (Å²) in [5, 5.41) is 0.516. The van der Waals surface area contributed by atoms with Crippen LogP contribution in [0.1, 0.15) is 20.3 Å². The molecule has 1 aromatic rings. The van der Waals surface area contributed by atoms with Gasteiger partial charge in [0.05, 0.1) is 11.6 Å². The van der Waals surface area contributed by atoms with Gasteiger partial charge >= 0.3 is 5.97 Å². The van der Waals surface area contributed by atoms with Gasteiger partial charge in [0.25, 0.3) is 0 Å². The fourth-order valence-corrected chi connectivity index (χ4v) is 2.28. The summed E-state index contributed by atoms with van der Waals surface area (Å²) in [6, 6.07) is 1.76. The molecule has 0 atom stereocenters. The lowest BCUT2D eigenvalue weighted by molar-refractivity contribution is -0.141.